The summed E-state index contributed by atoms with van der Waals surface area (Å²) >= 11 is 5.31. The molecule has 1 atom stereocenters. The zero-order valence-corrected chi connectivity index (χ0v) is 13.7. The second-order valence-electron chi connectivity index (χ2n) is 4.74. The second-order valence-corrected chi connectivity index (χ2v) is 6.63. The maximum Gasteiger partial charge on any atom is 0.0794 e. The van der Waals surface area contributed by atoms with E-state index in [9.17, 15) is 0 Å². The molecular weight excluding hydrogens is 320 g/mol. The minimum atomic E-state index is 0.358. The van der Waals surface area contributed by atoms with E-state index < -0.39 is 0 Å². The first-order valence-corrected chi connectivity index (χ1v) is 8.24. The topological polar surface area (TPSA) is 24.9 Å². The van der Waals surface area contributed by atoms with Crippen LogP contribution in [0.2, 0.25) is 0 Å². The van der Waals surface area contributed by atoms with E-state index in [4.69, 9.17) is 0 Å². The van der Waals surface area contributed by atoms with Gasteiger partial charge in [-0.2, -0.15) is 0 Å². The molecule has 0 amide bonds. The van der Waals surface area contributed by atoms with Gasteiger partial charge in [-0.1, -0.05) is 28.9 Å². The van der Waals surface area contributed by atoms with Crippen molar-refractivity contribution in [3.8, 4) is 0 Å². The highest BCUT2D eigenvalue weighted by atomic mass is 79.9. The lowest BCUT2D eigenvalue weighted by Crippen LogP contribution is -2.24. The van der Waals surface area contributed by atoms with Gasteiger partial charge in [0.1, 0.15) is 0 Å². The summed E-state index contributed by atoms with van der Waals surface area (Å²) in [5.74, 6) is 0. The maximum atomic E-state index is 4.17. The predicted octanol–water partition coefficient (Wildman–Crippen LogP) is 4.50. The van der Waals surface area contributed by atoms with Crippen LogP contribution in [-0.4, -0.2) is 11.5 Å². The van der Waals surface area contributed by atoms with Crippen molar-refractivity contribution >= 4 is 27.3 Å². The molecule has 0 saturated carbocycles. The van der Waals surface area contributed by atoms with Gasteiger partial charge in [-0.05, 0) is 43.1 Å². The molecule has 2 aromatic rings. The molecule has 4 heteroatoms. The summed E-state index contributed by atoms with van der Waals surface area (Å²) in [6, 6.07) is 6.98. The lowest BCUT2D eigenvalue weighted by Gasteiger charge is -2.19. The zero-order valence-electron chi connectivity index (χ0n) is 11.3. The highest BCUT2D eigenvalue weighted by molar-refractivity contribution is 9.10. The first-order chi connectivity index (χ1) is 9.19. The quantitative estimate of drug-likeness (QED) is 0.838. The average molecular weight is 339 g/mol. The molecule has 102 valence electrons. The molecule has 0 fully saturated rings. The highest BCUT2D eigenvalue weighted by Gasteiger charge is 2.13. The minimum absolute atomic E-state index is 0.358. The Kier molecular flexibility index (Phi) is 5.55. The maximum absolute atomic E-state index is 4.17. The Morgan fingerprint density at radius 3 is 2.84 bits per heavy atom. The smallest absolute Gasteiger partial charge is 0.0794 e. The molecule has 19 heavy (non-hydrogen) atoms. The van der Waals surface area contributed by atoms with Gasteiger partial charge in [-0.25, -0.2) is 0 Å². The summed E-state index contributed by atoms with van der Waals surface area (Å²) in [4.78, 5) is 5.49. The fourth-order valence-electron chi connectivity index (χ4n) is 2.14. The fourth-order valence-corrected chi connectivity index (χ4v) is 3.40. The van der Waals surface area contributed by atoms with Crippen LogP contribution in [0, 0.1) is 6.92 Å². The highest BCUT2D eigenvalue weighted by Crippen LogP contribution is 2.24. The van der Waals surface area contributed by atoms with Crippen LogP contribution < -0.4 is 5.32 Å². The molecule has 1 heterocycles. The molecule has 0 aliphatic rings. The van der Waals surface area contributed by atoms with Crippen molar-refractivity contribution < 1.29 is 0 Å². The number of nitrogens with zero attached hydrogens (tertiary/aromatic N) is 1. The number of halogens is 1. The first kappa shape index (κ1) is 14.7. The van der Waals surface area contributed by atoms with E-state index in [1.54, 1.807) is 11.3 Å². The molecule has 0 radical (unpaired) electrons. The molecule has 1 aromatic carbocycles. The molecule has 0 spiro atoms. The number of hydrogen-bond donors (Lipinski definition) is 1. The standard InChI is InChI=1S/C15H19BrN2S/c1-3-4-18-15(8-14-9-17-10-19-14)12-5-11(2)6-13(16)7-12/h5-7,9-10,15,18H,3-4,8H2,1-2H3. The molecule has 0 saturated heterocycles. The van der Waals surface area contributed by atoms with Gasteiger partial charge in [0, 0.05) is 28.0 Å². The van der Waals surface area contributed by atoms with Crippen molar-refractivity contribution in [2.75, 3.05) is 6.54 Å². The Bertz CT molecular complexity index is 491. The molecule has 2 nitrogen and oxygen atoms in total. The number of rotatable bonds is 6. The third-order valence-corrected chi connectivity index (χ3v) is 4.26. The van der Waals surface area contributed by atoms with Crippen LogP contribution in [0.5, 0.6) is 0 Å². The number of aryl methyl sites for hydroxylation is 1. The Balaban J connectivity index is 2.20. The van der Waals surface area contributed by atoms with Crippen LogP contribution in [0.4, 0.5) is 0 Å². The van der Waals surface area contributed by atoms with E-state index in [0.29, 0.717) is 6.04 Å². The van der Waals surface area contributed by atoms with Crippen molar-refractivity contribution in [1.82, 2.24) is 10.3 Å². The monoisotopic (exact) mass is 338 g/mol. The molecule has 0 aliphatic carbocycles. The Hall–Kier alpha value is -0.710. The number of aromatic nitrogens is 1. The van der Waals surface area contributed by atoms with Gasteiger partial charge in [0.2, 0.25) is 0 Å². The summed E-state index contributed by atoms with van der Waals surface area (Å²) < 4.78 is 1.15. The molecule has 1 aromatic heterocycles. The number of thiazole rings is 1. The lowest BCUT2D eigenvalue weighted by molar-refractivity contribution is 0.531. The van der Waals surface area contributed by atoms with E-state index in [2.05, 4.69) is 58.3 Å². The van der Waals surface area contributed by atoms with E-state index in [-0.39, 0.29) is 0 Å². The van der Waals surface area contributed by atoms with Gasteiger partial charge >= 0.3 is 0 Å². The number of nitrogens with one attached hydrogen (secondary N) is 1. The van der Waals surface area contributed by atoms with E-state index in [1.165, 1.54) is 16.0 Å². The summed E-state index contributed by atoms with van der Waals surface area (Å²) in [5.41, 5.74) is 4.53. The van der Waals surface area contributed by atoms with E-state index in [1.807, 2.05) is 11.7 Å². The van der Waals surface area contributed by atoms with Crippen LogP contribution >= 0.6 is 27.3 Å². The number of benzene rings is 1. The van der Waals surface area contributed by atoms with Crippen LogP contribution in [-0.2, 0) is 6.42 Å². The molecular formula is C15H19BrN2S. The van der Waals surface area contributed by atoms with Crippen LogP contribution in [0.3, 0.4) is 0 Å². The third kappa shape index (κ3) is 4.41. The fraction of sp³-hybridized carbons (Fsp3) is 0.400. The average Bonchev–Trinajstić information content (AvgIpc) is 2.86. The molecule has 0 aliphatic heterocycles. The molecule has 2 rings (SSSR count). The Morgan fingerprint density at radius 2 is 2.21 bits per heavy atom. The van der Waals surface area contributed by atoms with Gasteiger partial charge in [-0.15, -0.1) is 11.3 Å². The molecule has 1 unspecified atom stereocenters. The summed E-state index contributed by atoms with van der Waals surface area (Å²) in [6.45, 7) is 5.37. The van der Waals surface area contributed by atoms with Gasteiger partial charge in [0.25, 0.3) is 0 Å². The molecule has 1 N–H and O–H groups in total. The summed E-state index contributed by atoms with van der Waals surface area (Å²) in [6.07, 6.45) is 4.11. The van der Waals surface area contributed by atoms with Crippen molar-refractivity contribution in [2.24, 2.45) is 0 Å². The zero-order chi connectivity index (χ0) is 13.7. The summed E-state index contributed by atoms with van der Waals surface area (Å²) in [5, 5.41) is 3.64. The van der Waals surface area contributed by atoms with Crippen molar-refractivity contribution in [3.05, 3.63) is 50.4 Å². The van der Waals surface area contributed by atoms with Crippen molar-refractivity contribution in [3.63, 3.8) is 0 Å². The SMILES string of the molecule is CCCNC(Cc1cncs1)c1cc(C)cc(Br)c1. The van der Waals surface area contributed by atoms with Crippen LogP contribution in [0.25, 0.3) is 0 Å². The van der Waals surface area contributed by atoms with Crippen LogP contribution in [0.15, 0.2) is 34.4 Å². The van der Waals surface area contributed by atoms with Gasteiger partial charge in [0.15, 0.2) is 0 Å². The third-order valence-electron chi connectivity index (χ3n) is 3.00. The molecule has 0 bridgehead atoms. The van der Waals surface area contributed by atoms with Crippen molar-refractivity contribution in [1.29, 1.82) is 0 Å². The second kappa shape index (κ2) is 7.17. The lowest BCUT2D eigenvalue weighted by atomic mass is 10.0. The first-order valence-electron chi connectivity index (χ1n) is 6.57. The van der Waals surface area contributed by atoms with E-state index in [0.717, 1.165) is 23.9 Å². The largest absolute Gasteiger partial charge is 0.310 e. The normalized spacial score (nSPS) is 12.6. The van der Waals surface area contributed by atoms with Gasteiger partial charge < -0.3 is 5.32 Å². The van der Waals surface area contributed by atoms with E-state index >= 15 is 0 Å². The Morgan fingerprint density at radius 1 is 1.37 bits per heavy atom. The van der Waals surface area contributed by atoms with Crippen LogP contribution in [0.1, 0.15) is 35.4 Å². The van der Waals surface area contributed by atoms with Gasteiger partial charge in [0.05, 0.1) is 5.51 Å². The summed E-state index contributed by atoms with van der Waals surface area (Å²) in [7, 11) is 0. The Labute approximate surface area is 127 Å². The van der Waals surface area contributed by atoms with Crippen molar-refractivity contribution in [2.45, 2.75) is 32.7 Å². The van der Waals surface area contributed by atoms with Gasteiger partial charge in [-0.3, -0.25) is 4.98 Å². The predicted molar refractivity (Wildman–Crippen MR) is 85.7 cm³/mol. The minimum Gasteiger partial charge on any atom is -0.310 e. The number of hydrogen-bond acceptors (Lipinski definition) is 3.